The molecule has 3 nitrogen and oxygen atoms in total. The van der Waals surface area contributed by atoms with E-state index in [0.29, 0.717) is 6.04 Å². The summed E-state index contributed by atoms with van der Waals surface area (Å²) in [4.78, 5) is 16.1. The molecule has 1 saturated heterocycles. The van der Waals surface area contributed by atoms with Crippen LogP contribution in [0, 0.1) is 0 Å². The lowest BCUT2D eigenvalue weighted by atomic mass is 9.95. The average Bonchev–Trinajstić information content (AvgIpc) is 2.90. The number of piperidine rings is 1. The van der Waals surface area contributed by atoms with Crippen LogP contribution in [0.5, 0.6) is 0 Å². The Bertz CT molecular complexity index is 463. The number of amides is 1. The minimum Gasteiger partial charge on any atom is -0.339 e. The number of hydrogen-bond donors (Lipinski definition) is 1. The van der Waals surface area contributed by atoms with Crippen LogP contribution < -0.4 is 5.32 Å². The number of thiophene rings is 1. The fourth-order valence-corrected chi connectivity index (χ4v) is 4.34. The molecule has 3 rings (SSSR count). The van der Waals surface area contributed by atoms with Crippen LogP contribution in [0.3, 0.4) is 0 Å². The van der Waals surface area contributed by atoms with Gasteiger partial charge in [0, 0.05) is 23.3 Å². The Kier molecular flexibility index (Phi) is 3.89. The van der Waals surface area contributed by atoms with E-state index in [2.05, 4.69) is 10.7 Å². The predicted molar refractivity (Wildman–Crippen MR) is 78.9 cm³/mol. The minimum absolute atomic E-state index is 0.242. The number of hydrogen-bond acceptors (Lipinski definition) is 3. The summed E-state index contributed by atoms with van der Waals surface area (Å²) in [6, 6.07) is 0.410. The third-order valence-corrected chi connectivity index (χ3v) is 5.56. The monoisotopic (exact) mass is 278 g/mol. The van der Waals surface area contributed by atoms with Gasteiger partial charge in [-0.2, -0.15) is 0 Å². The first-order chi connectivity index (χ1) is 9.27. The standard InChI is InChI=1S/C15H22N2OS/c1-17(11-6-8-16-9-7-11)15(18)13-10-19-14-5-3-2-4-12(13)14/h10-11,16H,2-9H2,1H3. The third-order valence-electron chi connectivity index (χ3n) is 4.47. The number of carbonyl (C=O) groups excluding carboxylic acids is 1. The predicted octanol–water partition coefficient (Wildman–Crippen LogP) is 2.45. The van der Waals surface area contributed by atoms with Crippen molar-refractivity contribution in [1.29, 1.82) is 0 Å². The minimum atomic E-state index is 0.242. The van der Waals surface area contributed by atoms with E-state index in [1.165, 1.54) is 29.7 Å². The van der Waals surface area contributed by atoms with E-state index in [4.69, 9.17) is 0 Å². The highest BCUT2D eigenvalue weighted by Crippen LogP contribution is 2.31. The Labute approximate surface area is 119 Å². The molecule has 0 bridgehead atoms. The summed E-state index contributed by atoms with van der Waals surface area (Å²) in [6.45, 7) is 2.06. The maximum Gasteiger partial charge on any atom is 0.254 e. The van der Waals surface area contributed by atoms with Crippen molar-refractivity contribution in [3.8, 4) is 0 Å². The molecule has 1 fully saturated rings. The molecule has 1 N–H and O–H groups in total. The first kappa shape index (κ1) is 13.1. The van der Waals surface area contributed by atoms with Crippen molar-refractivity contribution in [1.82, 2.24) is 10.2 Å². The van der Waals surface area contributed by atoms with Crippen molar-refractivity contribution < 1.29 is 4.79 Å². The molecule has 0 aromatic carbocycles. The zero-order valence-electron chi connectivity index (χ0n) is 11.6. The lowest BCUT2D eigenvalue weighted by molar-refractivity contribution is 0.0702. The van der Waals surface area contributed by atoms with E-state index in [1.807, 2.05) is 11.9 Å². The number of aryl methyl sites for hydroxylation is 1. The average molecular weight is 278 g/mol. The molecule has 1 aliphatic heterocycles. The van der Waals surface area contributed by atoms with Crippen molar-refractivity contribution >= 4 is 17.2 Å². The van der Waals surface area contributed by atoms with Crippen molar-refractivity contribution in [2.45, 2.75) is 44.6 Å². The van der Waals surface area contributed by atoms with Gasteiger partial charge in [-0.3, -0.25) is 4.79 Å². The maximum absolute atomic E-state index is 12.7. The molecule has 0 unspecified atom stereocenters. The Morgan fingerprint density at radius 1 is 1.32 bits per heavy atom. The van der Waals surface area contributed by atoms with Crippen LogP contribution in [0.15, 0.2) is 5.38 Å². The summed E-state index contributed by atoms with van der Waals surface area (Å²) < 4.78 is 0. The van der Waals surface area contributed by atoms with E-state index in [1.54, 1.807) is 11.3 Å². The van der Waals surface area contributed by atoms with Gasteiger partial charge in [0.05, 0.1) is 5.56 Å². The molecule has 2 heterocycles. The lowest BCUT2D eigenvalue weighted by Crippen LogP contribution is -2.44. The second-order valence-corrected chi connectivity index (χ2v) is 6.62. The van der Waals surface area contributed by atoms with E-state index in [9.17, 15) is 4.79 Å². The van der Waals surface area contributed by atoms with Crippen LogP contribution in [0.25, 0.3) is 0 Å². The van der Waals surface area contributed by atoms with Gasteiger partial charge in [-0.1, -0.05) is 0 Å². The highest BCUT2D eigenvalue weighted by Gasteiger charge is 2.26. The molecule has 0 atom stereocenters. The molecule has 19 heavy (non-hydrogen) atoms. The molecular formula is C15H22N2OS. The fraction of sp³-hybridized carbons (Fsp3) is 0.667. The topological polar surface area (TPSA) is 32.3 Å². The molecule has 1 aromatic rings. The summed E-state index contributed by atoms with van der Waals surface area (Å²) in [7, 11) is 1.98. The van der Waals surface area contributed by atoms with Gasteiger partial charge >= 0.3 is 0 Å². The molecule has 0 radical (unpaired) electrons. The van der Waals surface area contributed by atoms with Crippen LogP contribution >= 0.6 is 11.3 Å². The summed E-state index contributed by atoms with van der Waals surface area (Å²) in [5.41, 5.74) is 2.34. The van der Waals surface area contributed by atoms with Gasteiger partial charge in [-0.25, -0.2) is 0 Å². The quantitative estimate of drug-likeness (QED) is 0.901. The molecular weight excluding hydrogens is 256 g/mol. The van der Waals surface area contributed by atoms with Gasteiger partial charge in [0.1, 0.15) is 0 Å². The SMILES string of the molecule is CN(C(=O)c1csc2c1CCCC2)C1CCNCC1. The molecule has 4 heteroatoms. The summed E-state index contributed by atoms with van der Waals surface area (Å²) in [6.07, 6.45) is 6.94. The third kappa shape index (κ3) is 2.56. The molecule has 1 amide bonds. The highest BCUT2D eigenvalue weighted by atomic mass is 32.1. The largest absolute Gasteiger partial charge is 0.339 e. The van der Waals surface area contributed by atoms with Crippen molar-refractivity contribution in [3.63, 3.8) is 0 Å². The van der Waals surface area contributed by atoms with Gasteiger partial charge in [-0.05, 0) is 57.2 Å². The molecule has 1 aliphatic carbocycles. The number of rotatable bonds is 2. The summed E-state index contributed by atoms with van der Waals surface area (Å²) in [5.74, 6) is 0.242. The Morgan fingerprint density at radius 3 is 2.84 bits per heavy atom. The van der Waals surface area contributed by atoms with Crippen LogP contribution in [0.4, 0.5) is 0 Å². The number of carbonyl (C=O) groups is 1. The molecule has 0 spiro atoms. The number of nitrogens with zero attached hydrogens (tertiary/aromatic N) is 1. The maximum atomic E-state index is 12.7. The zero-order valence-corrected chi connectivity index (χ0v) is 12.4. The Hall–Kier alpha value is -0.870. The smallest absolute Gasteiger partial charge is 0.254 e. The van der Waals surface area contributed by atoms with E-state index in [-0.39, 0.29) is 5.91 Å². The Balaban J connectivity index is 1.77. The molecule has 104 valence electrons. The van der Waals surface area contributed by atoms with Gasteiger partial charge in [0.15, 0.2) is 0 Å². The first-order valence-electron chi connectivity index (χ1n) is 7.34. The number of fused-ring (bicyclic) bond motifs is 1. The number of nitrogens with one attached hydrogen (secondary N) is 1. The molecule has 2 aliphatic rings. The van der Waals surface area contributed by atoms with Crippen LogP contribution in [0.1, 0.15) is 46.5 Å². The summed E-state index contributed by atoms with van der Waals surface area (Å²) >= 11 is 1.78. The van der Waals surface area contributed by atoms with Crippen LogP contribution in [-0.4, -0.2) is 37.0 Å². The zero-order chi connectivity index (χ0) is 13.2. The molecule has 1 aromatic heterocycles. The van der Waals surface area contributed by atoms with Gasteiger partial charge in [0.25, 0.3) is 5.91 Å². The molecule has 0 saturated carbocycles. The highest BCUT2D eigenvalue weighted by molar-refractivity contribution is 7.10. The first-order valence-corrected chi connectivity index (χ1v) is 8.22. The van der Waals surface area contributed by atoms with Crippen molar-refractivity contribution in [2.75, 3.05) is 20.1 Å². The van der Waals surface area contributed by atoms with Crippen molar-refractivity contribution in [3.05, 3.63) is 21.4 Å². The van der Waals surface area contributed by atoms with Gasteiger partial charge in [-0.15, -0.1) is 11.3 Å². The fourth-order valence-electron chi connectivity index (χ4n) is 3.22. The van der Waals surface area contributed by atoms with Crippen LogP contribution in [0.2, 0.25) is 0 Å². The Morgan fingerprint density at radius 2 is 2.05 bits per heavy atom. The van der Waals surface area contributed by atoms with Crippen molar-refractivity contribution in [2.24, 2.45) is 0 Å². The van der Waals surface area contributed by atoms with Crippen LogP contribution in [-0.2, 0) is 12.8 Å². The van der Waals surface area contributed by atoms with E-state index >= 15 is 0 Å². The summed E-state index contributed by atoms with van der Waals surface area (Å²) in [5, 5.41) is 5.45. The van der Waals surface area contributed by atoms with E-state index < -0.39 is 0 Å². The van der Waals surface area contributed by atoms with Gasteiger partial charge < -0.3 is 10.2 Å². The second kappa shape index (κ2) is 5.63. The lowest BCUT2D eigenvalue weighted by Gasteiger charge is -2.32. The second-order valence-electron chi connectivity index (χ2n) is 5.66. The van der Waals surface area contributed by atoms with Gasteiger partial charge in [0.2, 0.25) is 0 Å². The normalized spacial score (nSPS) is 20.1. The van der Waals surface area contributed by atoms with E-state index in [0.717, 1.165) is 37.9 Å².